The first-order valence-electron chi connectivity index (χ1n) is 5.82. The van der Waals surface area contributed by atoms with Crippen LogP contribution in [0.15, 0.2) is 24.3 Å². The van der Waals surface area contributed by atoms with E-state index < -0.39 is 0 Å². The number of hydrogen-bond acceptors (Lipinski definition) is 2. The second-order valence-electron chi connectivity index (χ2n) is 4.45. The van der Waals surface area contributed by atoms with Crippen LogP contribution in [0, 0.1) is 11.7 Å². The number of likely N-dealkylation sites (tertiary alicyclic amines) is 1. The van der Waals surface area contributed by atoms with Gasteiger partial charge >= 0.3 is 0 Å². The van der Waals surface area contributed by atoms with Crippen molar-refractivity contribution in [3.63, 3.8) is 0 Å². The van der Waals surface area contributed by atoms with E-state index in [1.165, 1.54) is 6.07 Å². The van der Waals surface area contributed by atoms with Gasteiger partial charge in [0.1, 0.15) is 5.82 Å². The number of aliphatic hydroxyl groups excluding tert-OH is 1. The van der Waals surface area contributed by atoms with Gasteiger partial charge < -0.3 is 10.0 Å². The molecule has 1 heterocycles. The summed E-state index contributed by atoms with van der Waals surface area (Å²) >= 11 is 0. The molecule has 3 nitrogen and oxygen atoms in total. The first kappa shape index (κ1) is 12.0. The fourth-order valence-corrected chi connectivity index (χ4v) is 2.12. The Balaban J connectivity index is 1.96. The largest absolute Gasteiger partial charge is 0.396 e. The van der Waals surface area contributed by atoms with Crippen LogP contribution in [-0.4, -0.2) is 35.6 Å². The van der Waals surface area contributed by atoms with Gasteiger partial charge in [-0.15, -0.1) is 0 Å². The number of benzene rings is 1. The molecule has 0 saturated carbocycles. The molecule has 1 fully saturated rings. The Morgan fingerprint density at radius 3 is 2.88 bits per heavy atom. The second kappa shape index (κ2) is 5.27. The topological polar surface area (TPSA) is 40.5 Å². The fraction of sp³-hybridized carbons (Fsp3) is 0.462. The summed E-state index contributed by atoms with van der Waals surface area (Å²) in [5.74, 6) is -0.218. The third-order valence-corrected chi connectivity index (χ3v) is 3.20. The number of carbonyl (C=O) groups excluding carboxylic acids is 1. The predicted octanol–water partition coefficient (Wildman–Crippen LogP) is 1.21. The molecule has 1 aromatic carbocycles. The molecule has 4 heteroatoms. The van der Waals surface area contributed by atoms with Crippen LogP contribution in [0.5, 0.6) is 0 Å². The molecule has 92 valence electrons. The molecule has 0 unspecified atom stereocenters. The summed E-state index contributed by atoms with van der Waals surface area (Å²) in [4.78, 5) is 13.6. The molecule has 1 aliphatic rings. The van der Waals surface area contributed by atoms with Gasteiger partial charge in [0, 0.05) is 25.6 Å². The van der Waals surface area contributed by atoms with Crippen molar-refractivity contribution in [2.45, 2.75) is 12.8 Å². The maximum absolute atomic E-state index is 13.4. The van der Waals surface area contributed by atoms with Gasteiger partial charge in [0.15, 0.2) is 0 Å². The van der Waals surface area contributed by atoms with Crippen molar-refractivity contribution in [2.24, 2.45) is 5.92 Å². The van der Waals surface area contributed by atoms with Gasteiger partial charge in [0.25, 0.3) is 0 Å². The van der Waals surface area contributed by atoms with Gasteiger partial charge in [-0.1, -0.05) is 18.2 Å². The molecule has 17 heavy (non-hydrogen) atoms. The normalized spacial score (nSPS) is 19.6. The summed E-state index contributed by atoms with van der Waals surface area (Å²) in [7, 11) is 0. The molecule has 0 aliphatic carbocycles. The van der Waals surface area contributed by atoms with Gasteiger partial charge in [-0.25, -0.2) is 4.39 Å². The van der Waals surface area contributed by atoms with Crippen molar-refractivity contribution in [3.05, 3.63) is 35.6 Å². The Kier molecular flexibility index (Phi) is 3.74. The zero-order chi connectivity index (χ0) is 12.3. The van der Waals surface area contributed by atoms with E-state index in [1.807, 2.05) is 0 Å². The van der Waals surface area contributed by atoms with E-state index in [-0.39, 0.29) is 30.7 Å². The highest BCUT2D eigenvalue weighted by molar-refractivity contribution is 5.79. The summed E-state index contributed by atoms with van der Waals surface area (Å²) in [6, 6.07) is 6.34. The minimum absolute atomic E-state index is 0.0638. The fourth-order valence-electron chi connectivity index (χ4n) is 2.12. The van der Waals surface area contributed by atoms with Gasteiger partial charge in [0.2, 0.25) is 5.91 Å². The van der Waals surface area contributed by atoms with Gasteiger partial charge in [0.05, 0.1) is 6.42 Å². The lowest BCUT2D eigenvalue weighted by Crippen LogP contribution is -2.30. The number of nitrogens with zero attached hydrogens (tertiary/aromatic N) is 1. The number of hydrogen-bond donors (Lipinski definition) is 1. The van der Waals surface area contributed by atoms with Crippen LogP contribution in [0.2, 0.25) is 0 Å². The van der Waals surface area contributed by atoms with Crippen molar-refractivity contribution in [3.8, 4) is 0 Å². The molecule has 1 amide bonds. The van der Waals surface area contributed by atoms with Crippen molar-refractivity contribution >= 4 is 5.91 Å². The lowest BCUT2D eigenvalue weighted by atomic mass is 10.1. The third-order valence-electron chi connectivity index (χ3n) is 3.20. The van der Waals surface area contributed by atoms with Gasteiger partial charge in [-0.2, -0.15) is 0 Å². The number of halogens is 1. The van der Waals surface area contributed by atoms with E-state index in [9.17, 15) is 9.18 Å². The molecule has 1 atom stereocenters. The number of carbonyl (C=O) groups is 1. The Morgan fingerprint density at radius 1 is 1.47 bits per heavy atom. The number of rotatable bonds is 3. The molecule has 2 rings (SSSR count). The number of amides is 1. The lowest BCUT2D eigenvalue weighted by Gasteiger charge is -2.16. The Morgan fingerprint density at radius 2 is 2.24 bits per heavy atom. The summed E-state index contributed by atoms with van der Waals surface area (Å²) in [6.45, 7) is 1.37. The number of aliphatic hydroxyl groups is 1. The molecule has 1 aromatic rings. The van der Waals surface area contributed by atoms with Crippen molar-refractivity contribution in [2.75, 3.05) is 19.7 Å². The standard InChI is InChI=1S/C13H16FNO2/c14-12-4-2-1-3-11(12)7-13(17)15-6-5-10(8-15)9-16/h1-4,10,16H,5-9H2/t10-/m1/s1. The third kappa shape index (κ3) is 2.82. The lowest BCUT2D eigenvalue weighted by molar-refractivity contribution is -0.129. The van der Waals surface area contributed by atoms with Crippen LogP contribution in [0.3, 0.4) is 0 Å². The minimum Gasteiger partial charge on any atom is -0.396 e. The molecular formula is C13H16FNO2. The van der Waals surface area contributed by atoms with E-state index in [1.54, 1.807) is 23.1 Å². The predicted molar refractivity (Wildman–Crippen MR) is 61.9 cm³/mol. The van der Waals surface area contributed by atoms with Crippen LogP contribution in [-0.2, 0) is 11.2 Å². The second-order valence-corrected chi connectivity index (χ2v) is 4.45. The first-order chi connectivity index (χ1) is 8.20. The zero-order valence-electron chi connectivity index (χ0n) is 9.60. The van der Waals surface area contributed by atoms with Crippen LogP contribution >= 0.6 is 0 Å². The molecule has 1 N–H and O–H groups in total. The van der Waals surface area contributed by atoms with Gasteiger partial charge in [-0.05, 0) is 18.1 Å². The Bertz CT molecular complexity index is 408. The van der Waals surface area contributed by atoms with Crippen LogP contribution in [0.25, 0.3) is 0 Å². The molecule has 0 spiro atoms. The SMILES string of the molecule is O=C(Cc1ccccc1F)N1CC[C@@H](CO)C1. The van der Waals surface area contributed by atoms with Crippen LogP contribution in [0.1, 0.15) is 12.0 Å². The first-order valence-corrected chi connectivity index (χ1v) is 5.82. The van der Waals surface area contributed by atoms with E-state index in [4.69, 9.17) is 5.11 Å². The summed E-state index contributed by atoms with van der Waals surface area (Å²) in [5, 5.41) is 9.00. The van der Waals surface area contributed by atoms with E-state index in [0.717, 1.165) is 6.42 Å². The highest BCUT2D eigenvalue weighted by Crippen LogP contribution is 2.17. The Labute approximate surface area is 99.9 Å². The van der Waals surface area contributed by atoms with E-state index in [2.05, 4.69) is 0 Å². The minimum atomic E-state index is -0.334. The molecule has 1 aliphatic heterocycles. The van der Waals surface area contributed by atoms with Gasteiger partial charge in [-0.3, -0.25) is 4.79 Å². The van der Waals surface area contributed by atoms with Crippen molar-refractivity contribution < 1.29 is 14.3 Å². The highest BCUT2D eigenvalue weighted by atomic mass is 19.1. The summed E-state index contributed by atoms with van der Waals surface area (Å²) in [5.41, 5.74) is 0.435. The quantitative estimate of drug-likeness (QED) is 0.858. The molecular weight excluding hydrogens is 221 g/mol. The Hall–Kier alpha value is -1.42. The molecule has 0 bridgehead atoms. The van der Waals surface area contributed by atoms with Crippen LogP contribution < -0.4 is 0 Å². The maximum Gasteiger partial charge on any atom is 0.227 e. The average Bonchev–Trinajstić information content (AvgIpc) is 2.81. The van der Waals surface area contributed by atoms with Crippen molar-refractivity contribution in [1.29, 1.82) is 0 Å². The smallest absolute Gasteiger partial charge is 0.227 e. The summed E-state index contributed by atoms with van der Waals surface area (Å²) < 4.78 is 13.4. The van der Waals surface area contributed by atoms with E-state index in [0.29, 0.717) is 18.7 Å². The zero-order valence-corrected chi connectivity index (χ0v) is 9.60. The van der Waals surface area contributed by atoms with Crippen LogP contribution in [0.4, 0.5) is 4.39 Å². The molecule has 0 aromatic heterocycles. The molecule has 0 radical (unpaired) electrons. The van der Waals surface area contributed by atoms with Crippen molar-refractivity contribution in [1.82, 2.24) is 4.90 Å². The summed E-state index contributed by atoms with van der Waals surface area (Å²) in [6.07, 6.45) is 0.935. The highest BCUT2D eigenvalue weighted by Gasteiger charge is 2.25. The van der Waals surface area contributed by atoms with E-state index >= 15 is 0 Å². The maximum atomic E-state index is 13.4. The monoisotopic (exact) mass is 237 g/mol. The average molecular weight is 237 g/mol. The molecule has 1 saturated heterocycles.